The van der Waals surface area contributed by atoms with E-state index in [-0.39, 0.29) is 11.6 Å². The van der Waals surface area contributed by atoms with Crippen molar-refractivity contribution in [2.75, 3.05) is 5.73 Å². The van der Waals surface area contributed by atoms with Gasteiger partial charge in [-0.15, -0.1) is 5.10 Å². The second-order valence-electron chi connectivity index (χ2n) is 8.50. The molecule has 0 amide bonds. The smallest absolute Gasteiger partial charge is 0.455 e. The number of esters is 1. The molecule has 0 spiro atoms. The zero-order valence-corrected chi connectivity index (χ0v) is 16.3. The van der Waals surface area contributed by atoms with Gasteiger partial charge in [0.25, 0.3) is 0 Å². The number of hydrogen-bond acceptors (Lipinski definition) is 7. The molecule has 1 aliphatic rings. The lowest BCUT2D eigenvalue weighted by Gasteiger charge is -2.32. The van der Waals surface area contributed by atoms with Gasteiger partial charge >= 0.3 is 13.1 Å². The second-order valence-corrected chi connectivity index (χ2v) is 8.50. The van der Waals surface area contributed by atoms with Crippen molar-refractivity contribution >= 4 is 30.1 Å². The summed E-state index contributed by atoms with van der Waals surface area (Å²) in [6.07, 6.45) is 0. The predicted octanol–water partition coefficient (Wildman–Crippen LogP) is 1.57. The Hall–Kier alpha value is -2.13. The second kappa shape index (κ2) is 5.69. The number of ether oxygens (including phenoxy) is 1. The summed E-state index contributed by atoms with van der Waals surface area (Å²) in [4.78, 5) is 16.8. The van der Waals surface area contributed by atoms with Crippen LogP contribution in [0.15, 0.2) is 12.1 Å². The van der Waals surface area contributed by atoms with E-state index < -0.39 is 29.9 Å². The SMILES string of the molecule is CC(C)(C)OC(=O)c1cc(B2OC(C)(C)C(C)(C)O2)cc2nc(N)nn12. The molecule has 1 fully saturated rings. The molecule has 1 saturated heterocycles. The first-order valence-electron chi connectivity index (χ1n) is 8.54. The number of fused-ring (bicyclic) bond motifs is 1. The molecule has 9 heteroatoms. The van der Waals surface area contributed by atoms with E-state index in [2.05, 4.69) is 10.1 Å². The lowest BCUT2D eigenvalue weighted by Crippen LogP contribution is -2.41. The highest BCUT2D eigenvalue weighted by Gasteiger charge is 2.52. The third-order valence-corrected chi connectivity index (χ3v) is 4.61. The first kappa shape index (κ1) is 18.7. The predicted molar refractivity (Wildman–Crippen MR) is 98.3 cm³/mol. The standard InChI is InChI=1S/C17H25BN4O4/c1-15(2,3)24-13(23)11-8-10(9-12-20-14(19)21-22(11)12)18-25-16(4,5)17(6,7)26-18/h8-9H,1-7H3,(H2,19,21). The lowest BCUT2D eigenvalue weighted by molar-refractivity contribution is 0.00578. The van der Waals surface area contributed by atoms with Gasteiger partial charge in [0, 0.05) is 0 Å². The minimum Gasteiger partial charge on any atom is -0.455 e. The number of nitrogens with two attached hydrogens (primary N) is 1. The maximum Gasteiger partial charge on any atom is 0.495 e. The van der Waals surface area contributed by atoms with Gasteiger partial charge in [-0.05, 0) is 66.1 Å². The monoisotopic (exact) mass is 360 g/mol. The van der Waals surface area contributed by atoms with Gasteiger partial charge in [0.05, 0.1) is 11.2 Å². The Labute approximate surface area is 153 Å². The lowest BCUT2D eigenvalue weighted by atomic mass is 9.79. The van der Waals surface area contributed by atoms with Crippen LogP contribution < -0.4 is 11.2 Å². The van der Waals surface area contributed by atoms with Gasteiger partial charge in [-0.3, -0.25) is 0 Å². The van der Waals surface area contributed by atoms with Gasteiger partial charge in [0.15, 0.2) is 11.3 Å². The van der Waals surface area contributed by atoms with E-state index in [1.807, 2.05) is 27.7 Å². The van der Waals surface area contributed by atoms with Gasteiger partial charge in [0.1, 0.15) is 5.60 Å². The number of carbonyl (C=O) groups is 1. The average Bonchev–Trinajstić information content (AvgIpc) is 2.91. The summed E-state index contributed by atoms with van der Waals surface area (Å²) in [5, 5.41) is 4.09. The Morgan fingerprint density at radius 2 is 1.77 bits per heavy atom. The fourth-order valence-corrected chi connectivity index (χ4v) is 2.61. The van der Waals surface area contributed by atoms with E-state index in [1.165, 1.54) is 4.52 Å². The summed E-state index contributed by atoms with van der Waals surface area (Å²) in [7, 11) is -0.635. The first-order chi connectivity index (χ1) is 11.8. The summed E-state index contributed by atoms with van der Waals surface area (Å²) in [6, 6.07) is 3.40. The number of anilines is 1. The number of rotatable bonds is 2. The van der Waals surface area contributed by atoms with Crippen molar-refractivity contribution in [1.82, 2.24) is 14.6 Å². The van der Waals surface area contributed by atoms with Crippen molar-refractivity contribution in [3.05, 3.63) is 17.8 Å². The first-order valence-corrected chi connectivity index (χ1v) is 8.54. The largest absolute Gasteiger partial charge is 0.495 e. The molecule has 0 atom stereocenters. The molecule has 8 nitrogen and oxygen atoms in total. The van der Waals surface area contributed by atoms with Crippen LogP contribution in [0.1, 0.15) is 59.0 Å². The Bertz CT molecular complexity index is 854. The van der Waals surface area contributed by atoms with Crippen molar-refractivity contribution in [3.63, 3.8) is 0 Å². The zero-order chi connectivity index (χ0) is 19.5. The Morgan fingerprint density at radius 3 is 2.31 bits per heavy atom. The Balaban J connectivity index is 2.07. The van der Waals surface area contributed by atoms with Crippen LogP contribution in [-0.2, 0) is 14.0 Å². The summed E-state index contributed by atoms with van der Waals surface area (Å²) < 4.78 is 19.0. The Morgan fingerprint density at radius 1 is 1.19 bits per heavy atom. The number of aromatic nitrogens is 3. The number of hydrogen-bond donors (Lipinski definition) is 1. The molecule has 0 radical (unpaired) electrons. The Kier molecular flexibility index (Phi) is 4.08. The highest BCUT2D eigenvalue weighted by Crippen LogP contribution is 2.36. The van der Waals surface area contributed by atoms with E-state index >= 15 is 0 Å². The van der Waals surface area contributed by atoms with Crippen LogP contribution in [0.3, 0.4) is 0 Å². The van der Waals surface area contributed by atoms with Crippen LogP contribution in [0.5, 0.6) is 0 Å². The van der Waals surface area contributed by atoms with E-state index in [0.29, 0.717) is 11.1 Å². The number of nitrogens with zero attached hydrogens (tertiary/aromatic N) is 3. The fraction of sp³-hybridized carbons (Fsp3) is 0.588. The van der Waals surface area contributed by atoms with Gasteiger partial charge in [0.2, 0.25) is 5.95 Å². The van der Waals surface area contributed by atoms with E-state index in [1.54, 1.807) is 32.9 Å². The van der Waals surface area contributed by atoms with Crippen molar-refractivity contribution in [1.29, 1.82) is 0 Å². The van der Waals surface area contributed by atoms with Crippen LogP contribution >= 0.6 is 0 Å². The highest BCUT2D eigenvalue weighted by atomic mass is 16.7. The molecule has 3 heterocycles. The summed E-state index contributed by atoms with van der Waals surface area (Å²) in [5.74, 6) is -0.452. The van der Waals surface area contributed by atoms with Crippen molar-refractivity contribution in [2.24, 2.45) is 0 Å². The third-order valence-electron chi connectivity index (χ3n) is 4.61. The molecule has 0 aromatic carbocycles. The van der Waals surface area contributed by atoms with Gasteiger partial charge in [-0.1, -0.05) is 0 Å². The average molecular weight is 360 g/mol. The molecule has 0 bridgehead atoms. The zero-order valence-electron chi connectivity index (χ0n) is 16.3. The minimum atomic E-state index is -0.643. The molecule has 2 aromatic heterocycles. The number of carbonyl (C=O) groups excluding carboxylic acids is 1. The quantitative estimate of drug-likeness (QED) is 0.641. The van der Waals surface area contributed by atoms with Crippen molar-refractivity contribution in [3.8, 4) is 0 Å². The van der Waals surface area contributed by atoms with E-state index in [0.717, 1.165) is 0 Å². The third kappa shape index (κ3) is 3.28. The molecule has 0 aliphatic carbocycles. The molecule has 3 rings (SSSR count). The summed E-state index contributed by atoms with van der Waals surface area (Å²) in [5.41, 5.74) is 5.38. The van der Waals surface area contributed by atoms with Gasteiger partial charge in [-0.25, -0.2) is 9.31 Å². The number of pyridine rings is 1. The van der Waals surface area contributed by atoms with E-state index in [9.17, 15) is 4.79 Å². The fourth-order valence-electron chi connectivity index (χ4n) is 2.61. The van der Waals surface area contributed by atoms with E-state index in [4.69, 9.17) is 19.8 Å². The van der Waals surface area contributed by atoms with Crippen molar-refractivity contribution in [2.45, 2.75) is 65.3 Å². The molecule has 0 unspecified atom stereocenters. The van der Waals surface area contributed by atoms with Crippen LogP contribution in [0.4, 0.5) is 5.95 Å². The molecule has 140 valence electrons. The maximum atomic E-state index is 12.7. The molecular formula is C17H25BN4O4. The highest BCUT2D eigenvalue weighted by molar-refractivity contribution is 6.62. The molecular weight excluding hydrogens is 335 g/mol. The normalized spacial score (nSPS) is 19.1. The summed E-state index contributed by atoms with van der Waals surface area (Å²) >= 11 is 0. The minimum absolute atomic E-state index is 0.0703. The molecule has 2 N–H and O–H groups in total. The molecule has 2 aromatic rings. The van der Waals surface area contributed by atoms with Crippen LogP contribution in [0.25, 0.3) is 5.65 Å². The van der Waals surface area contributed by atoms with Crippen LogP contribution in [0.2, 0.25) is 0 Å². The summed E-state index contributed by atoms with van der Waals surface area (Å²) in [6.45, 7) is 13.3. The molecule has 1 aliphatic heterocycles. The van der Waals surface area contributed by atoms with Crippen LogP contribution in [-0.4, -0.2) is 44.5 Å². The van der Waals surface area contributed by atoms with Crippen molar-refractivity contribution < 1.29 is 18.8 Å². The maximum absolute atomic E-state index is 12.7. The van der Waals surface area contributed by atoms with Gasteiger partial charge in [-0.2, -0.15) is 4.98 Å². The topological polar surface area (TPSA) is 101 Å². The molecule has 0 saturated carbocycles. The van der Waals surface area contributed by atoms with Crippen LogP contribution in [0, 0.1) is 0 Å². The number of nitrogen functional groups attached to an aromatic ring is 1. The molecule has 26 heavy (non-hydrogen) atoms. The van der Waals surface area contributed by atoms with Gasteiger partial charge < -0.3 is 19.8 Å².